The fourth-order valence-electron chi connectivity index (χ4n) is 2.45. The molecule has 0 radical (unpaired) electrons. The first-order valence-electron chi connectivity index (χ1n) is 6.95. The molecule has 8 heteroatoms. The smallest absolute Gasteiger partial charge is 0.332 e. The van der Waals surface area contributed by atoms with E-state index in [1.165, 1.54) is 24.4 Å². The van der Waals surface area contributed by atoms with Gasteiger partial charge in [0, 0.05) is 11.1 Å². The van der Waals surface area contributed by atoms with Crippen molar-refractivity contribution >= 4 is 16.2 Å². The molecule has 0 fully saturated rings. The van der Waals surface area contributed by atoms with Gasteiger partial charge in [-0.1, -0.05) is 17.3 Å². The van der Waals surface area contributed by atoms with Gasteiger partial charge in [0.05, 0.1) is 23.0 Å². The molecule has 0 amide bonds. The topological polar surface area (TPSA) is 74.1 Å². The monoisotopic (exact) mass is 343 g/mol. The van der Waals surface area contributed by atoms with Gasteiger partial charge in [0.25, 0.3) is 0 Å². The molecule has 6 nitrogen and oxygen atoms in total. The van der Waals surface area contributed by atoms with Gasteiger partial charge in [-0.05, 0) is 36.4 Å². The average molecular weight is 343 g/mol. The Hall–Kier alpha value is -3.00. The second-order valence-electron chi connectivity index (χ2n) is 5.14. The lowest BCUT2D eigenvalue weighted by Crippen LogP contribution is -2.10. The maximum Gasteiger partial charge on any atom is 0.332 e. The van der Waals surface area contributed by atoms with Gasteiger partial charge in [-0.25, -0.2) is 9.07 Å². The van der Waals surface area contributed by atoms with Crippen molar-refractivity contribution in [3.63, 3.8) is 0 Å². The van der Waals surface area contributed by atoms with Gasteiger partial charge in [0.15, 0.2) is 0 Å². The molecule has 0 spiro atoms. The molecule has 1 aliphatic rings. The minimum atomic E-state index is -3.68. The van der Waals surface area contributed by atoms with Crippen LogP contribution in [0.3, 0.4) is 0 Å². The number of nitrogens with zero attached hydrogens (tertiary/aromatic N) is 3. The van der Waals surface area contributed by atoms with Crippen molar-refractivity contribution in [2.75, 3.05) is 0 Å². The zero-order valence-corrected chi connectivity index (χ0v) is 12.9. The van der Waals surface area contributed by atoms with Crippen LogP contribution in [0.4, 0.5) is 4.39 Å². The van der Waals surface area contributed by atoms with Crippen LogP contribution in [0.25, 0.3) is 23.0 Å². The highest BCUT2D eigenvalue weighted by molar-refractivity contribution is 7.90. The highest BCUT2D eigenvalue weighted by Crippen LogP contribution is 2.30. The summed E-state index contributed by atoms with van der Waals surface area (Å²) in [5.74, 6) is -0.110. The third kappa shape index (κ3) is 2.56. The highest BCUT2D eigenvalue weighted by atomic mass is 32.2. The van der Waals surface area contributed by atoms with Crippen molar-refractivity contribution in [3.05, 3.63) is 65.5 Å². The lowest BCUT2D eigenvalue weighted by molar-refractivity contribution is 0.494. The normalized spacial score (nSPS) is 14.9. The van der Waals surface area contributed by atoms with Crippen molar-refractivity contribution in [2.45, 2.75) is 0 Å². The van der Waals surface area contributed by atoms with Gasteiger partial charge in [-0.15, -0.1) is 5.10 Å². The Kier molecular flexibility index (Phi) is 3.20. The lowest BCUT2D eigenvalue weighted by atomic mass is 10.1. The zero-order chi connectivity index (χ0) is 16.7. The van der Waals surface area contributed by atoms with E-state index < -0.39 is 10.1 Å². The van der Waals surface area contributed by atoms with Gasteiger partial charge in [-0.2, -0.15) is 8.42 Å². The van der Waals surface area contributed by atoms with E-state index >= 15 is 0 Å². The first-order valence-corrected chi connectivity index (χ1v) is 8.43. The molecule has 120 valence electrons. The van der Waals surface area contributed by atoms with Gasteiger partial charge >= 0.3 is 10.1 Å². The molecule has 2 aromatic carbocycles. The lowest BCUT2D eigenvalue weighted by Gasteiger charge is -2.14. The summed E-state index contributed by atoms with van der Waals surface area (Å²) in [5, 5.41) is 8.91. The van der Waals surface area contributed by atoms with Crippen LogP contribution in [0.1, 0.15) is 5.56 Å². The zero-order valence-electron chi connectivity index (χ0n) is 12.1. The molecule has 24 heavy (non-hydrogen) atoms. The molecule has 1 aromatic heterocycles. The Bertz CT molecular complexity index is 1070. The summed E-state index contributed by atoms with van der Waals surface area (Å²) in [4.78, 5) is 0. The van der Waals surface area contributed by atoms with Crippen LogP contribution in [-0.2, 0) is 10.1 Å². The van der Waals surface area contributed by atoms with Crippen molar-refractivity contribution < 1.29 is 17.0 Å². The molecule has 0 bridgehead atoms. The predicted octanol–water partition coefficient (Wildman–Crippen LogP) is 2.77. The van der Waals surface area contributed by atoms with Crippen LogP contribution in [0.5, 0.6) is 5.75 Å². The summed E-state index contributed by atoms with van der Waals surface area (Å²) >= 11 is 0. The molecule has 4 rings (SSSR count). The van der Waals surface area contributed by atoms with Crippen LogP contribution in [0, 0.1) is 5.82 Å². The van der Waals surface area contributed by atoms with E-state index in [0.717, 1.165) is 5.41 Å². The Labute approximate surface area is 136 Å². The molecule has 0 N–H and O–H groups in total. The summed E-state index contributed by atoms with van der Waals surface area (Å²) in [6, 6.07) is 11.0. The van der Waals surface area contributed by atoms with E-state index in [1.54, 1.807) is 35.0 Å². The second-order valence-corrected chi connectivity index (χ2v) is 6.57. The number of hydrogen-bond acceptors (Lipinski definition) is 5. The minimum Gasteiger partial charge on any atom is -0.379 e. The van der Waals surface area contributed by atoms with E-state index in [0.29, 0.717) is 22.5 Å². The Morgan fingerprint density at radius 1 is 1.12 bits per heavy atom. The molecule has 0 unspecified atom stereocenters. The number of hydrogen-bond donors (Lipinski definition) is 0. The summed E-state index contributed by atoms with van der Waals surface area (Å²) < 4.78 is 42.8. The Morgan fingerprint density at radius 2 is 2.00 bits per heavy atom. The summed E-state index contributed by atoms with van der Waals surface area (Å²) in [6.07, 6.45) is 2.99. The molecule has 3 aromatic rings. The molecule has 0 atom stereocenters. The Balaban J connectivity index is 1.81. The maximum absolute atomic E-state index is 13.5. The number of fused-ring (bicyclic) bond motifs is 1. The Morgan fingerprint density at radius 3 is 2.83 bits per heavy atom. The predicted molar refractivity (Wildman–Crippen MR) is 85.3 cm³/mol. The first-order chi connectivity index (χ1) is 11.5. The molecule has 0 aliphatic carbocycles. The van der Waals surface area contributed by atoms with Crippen molar-refractivity contribution in [2.24, 2.45) is 0 Å². The van der Waals surface area contributed by atoms with Crippen molar-refractivity contribution in [3.8, 4) is 22.7 Å². The molecule has 2 heterocycles. The fourth-order valence-corrected chi connectivity index (χ4v) is 3.22. The number of benzene rings is 2. The van der Waals surface area contributed by atoms with E-state index in [-0.39, 0.29) is 11.6 Å². The molecule has 1 aliphatic heterocycles. The van der Waals surface area contributed by atoms with E-state index in [9.17, 15) is 12.8 Å². The molecule has 0 saturated carbocycles. The summed E-state index contributed by atoms with van der Waals surface area (Å²) in [5.41, 5.74) is 2.50. The van der Waals surface area contributed by atoms with Crippen LogP contribution in [0.2, 0.25) is 0 Å². The SMILES string of the molecule is O=S1(=O)C=Cc2cc(-n3nncc3-c3cccc(F)c3)ccc2O1. The summed E-state index contributed by atoms with van der Waals surface area (Å²) in [6.45, 7) is 0. The van der Waals surface area contributed by atoms with Crippen molar-refractivity contribution in [1.82, 2.24) is 15.0 Å². The van der Waals surface area contributed by atoms with Crippen LogP contribution >= 0.6 is 0 Å². The van der Waals surface area contributed by atoms with Gasteiger partial charge in [0.1, 0.15) is 11.6 Å². The van der Waals surface area contributed by atoms with E-state index in [1.807, 2.05) is 0 Å². The van der Waals surface area contributed by atoms with Gasteiger partial charge in [-0.3, -0.25) is 0 Å². The third-order valence-corrected chi connectivity index (χ3v) is 4.41. The minimum absolute atomic E-state index is 0.244. The number of rotatable bonds is 2. The maximum atomic E-state index is 13.5. The highest BCUT2D eigenvalue weighted by Gasteiger charge is 2.18. The van der Waals surface area contributed by atoms with Crippen LogP contribution in [0.15, 0.2) is 54.1 Å². The average Bonchev–Trinajstić information content (AvgIpc) is 3.03. The summed E-state index contributed by atoms with van der Waals surface area (Å²) in [7, 11) is -3.68. The standard InChI is InChI=1S/C16H10FN3O3S/c17-13-3-1-2-11(8-13)15-10-18-19-20(15)14-4-5-16-12(9-14)6-7-24(21,22)23-16/h1-10H. The van der Waals surface area contributed by atoms with E-state index in [4.69, 9.17) is 4.18 Å². The fraction of sp³-hybridized carbons (Fsp3) is 0. The quantitative estimate of drug-likeness (QED) is 0.669. The molecular formula is C16H10FN3O3S. The van der Waals surface area contributed by atoms with Gasteiger partial charge in [0.2, 0.25) is 0 Å². The van der Waals surface area contributed by atoms with Gasteiger partial charge < -0.3 is 4.18 Å². The third-order valence-electron chi connectivity index (χ3n) is 3.53. The largest absolute Gasteiger partial charge is 0.379 e. The van der Waals surface area contributed by atoms with E-state index in [2.05, 4.69) is 10.3 Å². The number of aromatic nitrogens is 3. The first kappa shape index (κ1) is 14.6. The second kappa shape index (κ2) is 5.27. The van der Waals surface area contributed by atoms with Crippen LogP contribution < -0.4 is 4.18 Å². The van der Waals surface area contributed by atoms with Crippen LogP contribution in [-0.4, -0.2) is 23.4 Å². The van der Waals surface area contributed by atoms with Crippen molar-refractivity contribution in [1.29, 1.82) is 0 Å². The molecule has 0 saturated heterocycles. The molecular weight excluding hydrogens is 333 g/mol. The number of halogens is 1.